The van der Waals surface area contributed by atoms with Gasteiger partial charge in [-0.15, -0.1) is 0 Å². The molecule has 2 heterocycles. The van der Waals surface area contributed by atoms with E-state index < -0.39 is 23.4 Å². The van der Waals surface area contributed by atoms with Gasteiger partial charge in [0.05, 0.1) is 24.4 Å². The summed E-state index contributed by atoms with van der Waals surface area (Å²) >= 11 is 0. The standard InChI is InChI=1S/C16H14F3N3O4/c17-16(18,19)13-12(15(24)25)7-20-22(13)11-3-1-2-10(6-11)21-14(23)9-4-5-26-8-9/h1-3,6-7,9H,4-5,8H2,(H,21,23)(H,24,25). The van der Waals surface area contributed by atoms with Crippen molar-refractivity contribution < 1.29 is 32.6 Å². The Hall–Kier alpha value is -2.88. The molecule has 1 aliphatic rings. The quantitative estimate of drug-likeness (QED) is 0.864. The number of halogens is 3. The zero-order chi connectivity index (χ0) is 18.9. The lowest BCUT2D eigenvalue weighted by Crippen LogP contribution is -2.23. The number of carbonyl (C=O) groups excluding carboxylic acids is 1. The molecule has 1 amide bonds. The zero-order valence-corrected chi connectivity index (χ0v) is 13.3. The monoisotopic (exact) mass is 369 g/mol. The minimum atomic E-state index is -4.91. The number of amides is 1. The maximum absolute atomic E-state index is 13.3. The molecule has 26 heavy (non-hydrogen) atoms. The maximum atomic E-state index is 13.3. The number of ether oxygens (including phenoxy) is 1. The summed E-state index contributed by atoms with van der Waals surface area (Å²) in [6, 6.07) is 5.59. The van der Waals surface area contributed by atoms with Crippen molar-refractivity contribution in [2.45, 2.75) is 12.6 Å². The van der Waals surface area contributed by atoms with Crippen LogP contribution in [0.3, 0.4) is 0 Å². The van der Waals surface area contributed by atoms with Gasteiger partial charge in [-0.1, -0.05) is 6.07 Å². The topological polar surface area (TPSA) is 93.5 Å². The molecular weight excluding hydrogens is 355 g/mol. The molecule has 0 bridgehead atoms. The van der Waals surface area contributed by atoms with E-state index in [0.29, 0.717) is 30.5 Å². The molecule has 0 radical (unpaired) electrons. The second-order valence-corrected chi connectivity index (χ2v) is 5.72. The fourth-order valence-electron chi connectivity index (χ4n) is 2.67. The second kappa shape index (κ2) is 6.79. The Balaban J connectivity index is 1.93. The van der Waals surface area contributed by atoms with Crippen LogP contribution in [0.1, 0.15) is 22.5 Å². The van der Waals surface area contributed by atoms with Gasteiger partial charge in [0, 0.05) is 12.3 Å². The number of nitrogens with one attached hydrogen (secondary N) is 1. The van der Waals surface area contributed by atoms with Crippen LogP contribution in [0, 0.1) is 5.92 Å². The van der Waals surface area contributed by atoms with Crippen LogP contribution in [-0.2, 0) is 15.7 Å². The summed E-state index contributed by atoms with van der Waals surface area (Å²) in [7, 11) is 0. The van der Waals surface area contributed by atoms with E-state index in [-0.39, 0.29) is 23.2 Å². The number of carbonyl (C=O) groups is 2. The number of benzene rings is 1. The number of aromatic carboxylic acids is 1. The van der Waals surface area contributed by atoms with E-state index in [4.69, 9.17) is 9.84 Å². The summed E-state index contributed by atoms with van der Waals surface area (Å²) in [5.74, 6) is -2.33. The van der Waals surface area contributed by atoms with Crippen molar-refractivity contribution in [1.29, 1.82) is 0 Å². The molecule has 2 N–H and O–H groups in total. The van der Waals surface area contributed by atoms with Crippen LogP contribution in [0.5, 0.6) is 0 Å². The zero-order valence-electron chi connectivity index (χ0n) is 13.3. The molecule has 1 unspecified atom stereocenters. The van der Waals surface area contributed by atoms with E-state index in [0.717, 1.165) is 0 Å². The summed E-state index contributed by atoms with van der Waals surface area (Å²) in [6.07, 6.45) is -3.69. The van der Waals surface area contributed by atoms with Gasteiger partial charge in [-0.3, -0.25) is 4.79 Å². The van der Waals surface area contributed by atoms with Crippen LogP contribution in [-0.4, -0.2) is 40.0 Å². The smallest absolute Gasteiger partial charge is 0.434 e. The lowest BCUT2D eigenvalue weighted by atomic mass is 10.1. The third-order valence-corrected chi connectivity index (χ3v) is 3.93. The summed E-state index contributed by atoms with van der Waals surface area (Å²) in [4.78, 5) is 23.2. The van der Waals surface area contributed by atoms with E-state index >= 15 is 0 Å². The second-order valence-electron chi connectivity index (χ2n) is 5.72. The number of carboxylic acids is 1. The summed E-state index contributed by atoms with van der Waals surface area (Å²) < 4.78 is 45.5. The van der Waals surface area contributed by atoms with Crippen molar-refractivity contribution in [2.75, 3.05) is 18.5 Å². The lowest BCUT2D eigenvalue weighted by Gasteiger charge is -2.13. The molecule has 1 atom stereocenters. The van der Waals surface area contributed by atoms with Crippen molar-refractivity contribution >= 4 is 17.6 Å². The van der Waals surface area contributed by atoms with Crippen molar-refractivity contribution in [2.24, 2.45) is 5.92 Å². The summed E-state index contributed by atoms with van der Waals surface area (Å²) in [5.41, 5.74) is -2.09. The van der Waals surface area contributed by atoms with Gasteiger partial charge in [0.1, 0.15) is 5.56 Å². The minimum absolute atomic E-state index is 0.0229. The van der Waals surface area contributed by atoms with Crippen LogP contribution in [0.4, 0.5) is 18.9 Å². The highest BCUT2D eigenvalue weighted by Crippen LogP contribution is 2.34. The van der Waals surface area contributed by atoms with Gasteiger partial charge in [-0.2, -0.15) is 18.3 Å². The molecule has 1 fully saturated rings. The van der Waals surface area contributed by atoms with Gasteiger partial charge in [-0.25, -0.2) is 9.48 Å². The average Bonchev–Trinajstić information content (AvgIpc) is 3.24. The molecule has 2 aromatic rings. The Kier molecular flexibility index (Phi) is 4.68. The summed E-state index contributed by atoms with van der Waals surface area (Å²) in [6.45, 7) is 0.781. The van der Waals surface area contributed by atoms with Crippen molar-refractivity contribution in [3.63, 3.8) is 0 Å². The highest BCUT2D eigenvalue weighted by molar-refractivity contribution is 5.93. The Morgan fingerprint density at radius 1 is 1.35 bits per heavy atom. The van der Waals surface area contributed by atoms with Gasteiger partial charge in [0.2, 0.25) is 5.91 Å². The van der Waals surface area contributed by atoms with E-state index in [1.54, 1.807) is 0 Å². The lowest BCUT2D eigenvalue weighted by molar-refractivity contribution is -0.143. The largest absolute Gasteiger partial charge is 0.478 e. The van der Waals surface area contributed by atoms with E-state index in [2.05, 4.69) is 10.4 Å². The van der Waals surface area contributed by atoms with Crippen molar-refractivity contribution in [3.05, 3.63) is 41.7 Å². The van der Waals surface area contributed by atoms with Gasteiger partial charge in [-0.05, 0) is 24.6 Å². The van der Waals surface area contributed by atoms with Crippen LogP contribution < -0.4 is 5.32 Å². The number of hydrogen-bond acceptors (Lipinski definition) is 4. The number of rotatable bonds is 4. The first-order valence-electron chi connectivity index (χ1n) is 7.65. The van der Waals surface area contributed by atoms with Gasteiger partial charge < -0.3 is 15.2 Å². The molecule has 3 rings (SSSR count). The molecule has 10 heteroatoms. The SMILES string of the molecule is O=C(O)c1cnn(-c2cccc(NC(=O)C3CCOC3)c2)c1C(F)(F)F. The van der Waals surface area contributed by atoms with E-state index in [1.165, 1.54) is 24.3 Å². The molecule has 7 nitrogen and oxygen atoms in total. The van der Waals surface area contributed by atoms with Gasteiger partial charge in [0.25, 0.3) is 0 Å². The highest BCUT2D eigenvalue weighted by atomic mass is 19.4. The van der Waals surface area contributed by atoms with E-state index in [1.807, 2.05) is 0 Å². The molecular formula is C16H14F3N3O4. The summed E-state index contributed by atoms with van der Waals surface area (Å²) in [5, 5.41) is 15.1. The number of hydrogen-bond donors (Lipinski definition) is 2. The van der Waals surface area contributed by atoms with Crippen LogP contribution >= 0.6 is 0 Å². The van der Waals surface area contributed by atoms with Crippen molar-refractivity contribution in [3.8, 4) is 5.69 Å². The molecule has 1 saturated heterocycles. The third-order valence-electron chi connectivity index (χ3n) is 3.93. The molecule has 1 aromatic carbocycles. The van der Waals surface area contributed by atoms with Gasteiger partial charge in [0.15, 0.2) is 5.69 Å². The molecule has 0 saturated carbocycles. The van der Waals surface area contributed by atoms with Gasteiger partial charge >= 0.3 is 12.1 Å². The molecule has 0 aliphatic carbocycles. The maximum Gasteiger partial charge on any atom is 0.434 e. The van der Waals surface area contributed by atoms with Crippen LogP contribution in [0.15, 0.2) is 30.5 Å². The highest BCUT2D eigenvalue weighted by Gasteiger charge is 2.40. The fourth-order valence-corrected chi connectivity index (χ4v) is 2.67. The Bertz CT molecular complexity index is 842. The molecule has 0 spiro atoms. The first-order valence-corrected chi connectivity index (χ1v) is 7.65. The first kappa shape index (κ1) is 17.9. The predicted octanol–water partition coefficient (Wildman–Crippen LogP) is 2.56. The molecule has 1 aliphatic heterocycles. The number of carboxylic acid groups (broad SMARTS) is 1. The Morgan fingerprint density at radius 2 is 2.12 bits per heavy atom. The normalized spacial score (nSPS) is 17.3. The van der Waals surface area contributed by atoms with Crippen molar-refractivity contribution in [1.82, 2.24) is 9.78 Å². The van der Waals surface area contributed by atoms with Crippen LogP contribution in [0.2, 0.25) is 0 Å². The fraction of sp³-hybridized carbons (Fsp3) is 0.312. The third kappa shape index (κ3) is 3.54. The predicted molar refractivity (Wildman–Crippen MR) is 83.1 cm³/mol. The Labute approximate surface area is 145 Å². The molecule has 1 aromatic heterocycles. The first-order chi connectivity index (χ1) is 12.3. The molecule has 138 valence electrons. The number of aromatic nitrogens is 2. The minimum Gasteiger partial charge on any atom is -0.478 e. The average molecular weight is 369 g/mol. The number of nitrogens with zero attached hydrogens (tertiary/aromatic N) is 2. The Morgan fingerprint density at radius 3 is 2.73 bits per heavy atom. The van der Waals surface area contributed by atoms with E-state index in [9.17, 15) is 22.8 Å². The van der Waals surface area contributed by atoms with Crippen LogP contribution in [0.25, 0.3) is 5.69 Å². The number of anilines is 1. The number of alkyl halides is 3.